The zero-order chi connectivity index (χ0) is 15.3. The molecule has 2 N–H and O–H groups in total. The molecule has 1 aliphatic carbocycles. The van der Waals surface area contributed by atoms with Gasteiger partial charge >= 0.3 is 0 Å². The molecule has 0 bridgehead atoms. The molecule has 0 aromatic heterocycles. The van der Waals surface area contributed by atoms with Gasteiger partial charge in [0, 0.05) is 18.6 Å². The van der Waals surface area contributed by atoms with Gasteiger partial charge in [0.15, 0.2) is 0 Å². The first-order chi connectivity index (χ1) is 10.0. The monoisotopic (exact) mass is 295 g/mol. The highest BCUT2D eigenvalue weighted by molar-refractivity contribution is 5.83. The summed E-state index contributed by atoms with van der Waals surface area (Å²) in [5.74, 6) is 0.282. The number of amides is 1. The van der Waals surface area contributed by atoms with Crippen molar-refractivity contribution < 1.29 is 4.79 Å². The zero-order valence-electron chi connectivity index (χ0n) is 14.1. The Labute approximate surface area is 130 Å². The molecule has 4 heteroatoms. The fourth-order valence-electron chi connectivity index (χ4n) is 4.21. The Hall–Kier alpha value is -0.610. The van der Waals surface area contributed by atoms with Crippen molar-refractivity contribution in [2.24, 2.45) is 5.41 Å². The van der Waals surface area contributed by atoms with Crippen LogP contribution in [-0.2, 0) is 4.79 Å². The highest BCUT2D eigenvalue weighted by Crippen LogP contribution is 2.35. The lowest BCUT2D eigenvalue weighted by atomic mass is 9.76. The summed E-state index contributed by atoms with van der Waals surface area (Å²) in [5, 5.41) is 6.75. The molecule has 1 amide bonds. The smallest absolute Gasteiger partial charge is 0.227 e. The van der Waals surface area contributed by atoms with E-state index in [4.69, 9.17) is 0 Å². The van der Waals surface area contributed by atoms with E-state index in [-0.39, 0.29) is 16.9 Å². The largest absolute Gasteiger partial charge is 0.354 e. The Kier molecular flexibility index (Phi) is 5.67. The minimum Gasteiger partial charge on any atom is -0.354 e. The van der Waals surface area contributed by atoms with E-state index in [2.05, 4.69) is 36.6 Å². The van der Waals surface area contributed by atoms with Crippen molar-refractivity contribution in [1.29, 1.82) is 0 Å². The molecule has 122 valence electrons. The molecule has 1 aliphatic heterocycles. The molecule has 2 rings (SSSR count). The third kappa shape index (κ3) is 3.59. The second kappa shape index (κ2) is 7.10. The molecule has 2 aliphatic rings. The first-order valence-corrected chi connectivity index (χ1v) is 8.71. The van der Waals surface area contributed by atoms with Gasteiger partial charge in [-0.3, -0.25) is 4.79 Å². The van der Waals surface area contributed by atoms with Crippen molar-refractivity contribution >= 4 is 5.91 Å². The van der Waals surface area contributed by atoms with Gasteiger partial charge in [-0.05, 0) is 52.7 Å². The maximum Gasteiger partial charge on any atom is 0.227 e. The van der Waals surface area contributed by atoms with Gasteiger partial charge in [0.1, 0.15) is 0 Å². The van der Waals surface area contributed by atoms with Crippen LogP contribution >= 0.6 is 0 Å². The molecular weight excluding hydrogens is 262 g/mol. The van der Waals surface area contributed by atoms with Gasteiger partial charge in [0.05, 0.1) is 5.41 Å². The van der Waals surface area contributed by atoms with Crippen LogP contribution in [0.1, 0.15) is 58.3 Å². The van der Waals surface area contributed by atoms with Gasteiger partial charge in [0.2, 0.25) is 5.91 Å². The summed E-state index contributed by atoms with van der Waals surface area (Å²) in [6.07, 6.45) is 9.22. The molecule has 1 heterocycles. The molecule has 0 aromatic carbocycles. The Morgan fingerprint density at radius 2 is 1.90 bits per heavy atom. The van der Waals surface area contributed by atoms with Crippen LogP contribution in [-0.4, -0.2) is 50.1 Å². The number of piperidine rings is 1. The van der Waals surface area contributed by atoms with Crippen LogP contribution in [0.3, 0.4) is 0 Å². The first-order valence-electron chi connectivity index (χ1n) is 8.71. The normalized spacial score (nSPS) is 28.8. The summed E-state index contributed by atoms with van der Waals surface area (Å²) in [6, 6.07) is 0. The molecule has 0 radical (unpaired) electrons. The zero-order valence-corrected chi connectivity index (χ0v) is 14.1. The van der Waals surface area contributed by atoms with Crippen LogP contribution in [0.15, 0.2) is 0 Å². The third-order valence-corrected chi connectivity index (χ3v) is 5.74. The standard InChI is InChI=1S/C17H33N3O/c1-4-8-16(9-7-12-18-13-16)15(21)19-14-17(20(2)3)10-5-6-11-17/h18H,4-14H2,1-3H3,(H,19,21). The van der Waals surface area contributed by atoms with Gasteiger partial charge < -0.3 is 15.5 Å². The lowest BCUT2D eigenvalue weighted by molar-refractivity contribution is -0.133. The summed E-state index contributed by atoms with van der Waals surface area (Å²) < 4.78 is 0. The molecule has 2 fully saturated rings. The van der Waals surface area contributed by atoms with Gasteiger partial charge in [-0.25, -0.2) is 0 Å². The van der Waals surface area contributed by atoms with E-state index < -0.39 is 0 Å². The minimum atomic E-state index is -0.168. The highest BCUT2D eigenvalue weighted by Gasteiger charge is 2.41. The van der Waals surface area contributed by atoms with Crippen molar-refractivity contribution in [3.8, 4) is 0 Å². The number of hydrogen-bond donors (Lipinski definition) is 2. The summed E-state index contributed by atoms with van der Waals surface area (Å²) in [4.78, 5) is 15.2. The van der Waals surface area contributed by atoms with E-state index in [0.29, 0.717) is 0 Å². The van der Waals surface area contributed by atoms with Gasteiger partial charge in [-0.15, -0.1) is 0 Å². The highest BCUT2D eigenvalue weighted by atomic mass is 16.2. The maximum atomic E-state index is 12.9. The van der Waals surface area contributed by atoms with Crippen LogP contribution in [0.4, 0.5) is 0 Å². The van der Waals surface area contributed by atoms with Crippen molar-refractivity contribution in [2.45, 2.75) is 63.8 Å². The van der Waals surface area contributed by atoms with E-state index in [1.54, 1.807) is 0 Å². The van der Waals surface area contributed by atoms with E-state index in [9.17, 15) is 4.79 Å². The van der Waals surface area contributed by atoms with Crippen LogP contribution in [0.2, 0.25) is 0 Å². The Bertz CT molecular complexity index is 336. The number of nitrogens with zero attached hydrogens (tertiary/aromatic N) is 1. The topological polar surface area (TPSA) is 44.4 Å². The number of nitrogens with one attached hydrogen (secondary N) is 2. The van der Waals surface area contributed by atoms with Gasteiger partial charge in [-0.1, -0.05) is 26.2 Å². The second-order valence-electron chi connectivity index (χ2n) is 7.32. The predicted molar refractivity (Wildman–Crippen MR) is 87.3 cm³/mol. The number of hydrogen-bond acceptors (Lipinski definition) is 3. The van der Waals surface area contributed by atoms with Crippen LogP contribution in [0, 0.1) is 5.41 Å². The molecule has 0 aromatic rings. The number of carbonyl (C=O) groups excluding carboxylic acids is 1. The molecule has 1 unspecified atom stereocenters. The molecule has 1 atom stereocenters. The number of likely N-dealkylation sites (N-methyl/N-ethyl adjacent to an activating group) is 1. The lowest BCUT2D eigenvalue weighted by Crippen LogP contribution is -2.56. The molecule has 0 spiro atoms. The van der Waals surface area contributed by atoms with Crippen molar-refractivity contribution in [3.63, 3.8) is 0 Å². The molecular formula is C17H33N3O. The summed E-state index contributed by atoms with van der Waals surface area (Å²) in [7, 11) is 4.31. The Morgan fingerprint density at radius 1 is 1.19 bits per heavy atom. The van der Waals surface area contributed by atoms with Crippen LogP contribution in [0.25, 0.3) is 0 Å². The van der Waals surface area contributed by atoms with Gasteiger partial charge in [0.25, 0.3) is 0 Å². The van der Waals surface area contributed by atoms with Crippen molar-refractivity contribution in [2.75, 3.05) is 33.7 Å². The Balaban J connectivity index is 1.98. The lowest BCUT2D eigenvalue weighted by Gasteiger charge is -2.40. The van der Waals surface area contributed by atoms with Crippen LogP contribution in [0.5, 0.6) is 0 Å². The van der Waals surface area contributed by atoms with E-state index >= 15 is 0 Å². The Morgan fingerprint density at radius 3 is 2.43 bits per heavy atom. The van der Waals surface area contributed by atoms with E-state index in [1.807, 2.05) is 0 Å². The molecule has 1 saturated carbocycles. The molecule has 1 saturated heterocycles. The molecule has 21 heavy (non-hydrogen) atoms. The SMILES string of the molecule is CCCC1(C(=O)NCC2(N(C)C)CCCC2)CCCNC1. The molecule has 4 nitrogen and oxygen atoms in total. The number of rotatable bonds is 6. The van der Waals surface area contributed by atoms with E-state index in [1.165, 1.54) is 25.7 Å². The van der Waals surface area contributed by atoms with Gasteiger partial charge in [-0.2, -0.15) is 0 Å². The van der Waals surface area contributed by atoms with E-state index in [0.717, 1.165) is 45.3 Å². The average molecular weight is 295 g/mol. The summed E-state index contributed by atoms with van der Waals surface area (Å²) in [6.45, 7) is 4.90. The minimum absolute atomic E-state index is 0.168. The maximum absolute atomic E-state index is 12.9. The summed E-state index contributed by atoms with van der Waals surface area (Å²) >= 11 is 0. The fourth-order valence-corrected chi connectivity index (χ4v) is 4.21. The summed E-state index contributed by atoms with van der Waals surface area (Å²) in [5.41, 5.74) is 0.0181. The number of carbonyl (C=O) groups is 1. The predicted octanol–water partition coefficient (Wildman–Crippen LogP) is 2.15. The third-order valence-electron chi connectivity index (χ3n) is 5.74. The quantitative estimate of drug-likeness (QED) is 0.789. The van der Waals surface area contributed by atoms with Crippen molar-refractivity contribution in [3.05, 3.63) is 0 Å². The first kappa shape index (κ1) is 16.8. The fraction of sp³-hybridized carbons (Fsp3) is 0.941. The van der Waals surface area contributed by atoms with Crippen LogP contribution < -0.4 is 10.6 Å². The van der Waals surface area contributed by atoms with Crippen molar-refractivity contribution in [1.82, 2.24) is 15.5 Å². The second-order valence-corrected chi connectivity index (χ2v) is 7.32. The average Bonchev–Trinajstić information content (AvgIpc) is 2.96.